The molecular formula is C22H21N3OS. The van der Waals surface area contributed by atoms with Crippen molar-refractivity contribution in [2.24, 2.45) is 0 Å². The first kappa shape index (κ1) is 16.7. The molecule has 0 aliphatic carbocycles. The zero-order valence-electron chi connectivity index (χ0n) is 15.3. The first-order valence-electron chi connectivity index (χ1n) is 9.37. The Morgan fingerprint density at radius 2 is 2.07 bits per heavy atom. The number of aromatic nitrogens is 2. The van der Waals surface area contributed by atoms with Crippen molar-refractivity contribution in [1.82, 2.24) is 14.9 Å². The number of aryl methyl sites for hydroxylation is 1. The van der Waals surface area contributed by atoms with E-state index in [2.05, 4.69) is 57.7 Å². The van der Waals surface area contributed by atoms with E-state index < -0.39 is 0 Å². The van der Waals surface area contributed by atoms with Crippen LogP contribution in [0.4, 0.5) is 0 Å². The van der Waals surface area contributed by atoms with Crippen molar-refractivity contribution in [1.29, 1.82) is 0 Å². The average Bonchev–Trinajstić information content (AvgIpc) is 3.43. The molecule has 1 aliphatic heterocycles. The van der Waals surface area contributed by atoms with Crippen LogP contribution < -0.4 is 0 Å². The van der Waals surface area contributed by atoms with Gasteiger partial charge in [-0.1, -0.05) is 36.4 Å². The average molecular weight is 375 g/mol. The molecule has 1 aliphatic rings. The first-order chi connectivity index (χ1) is 13.3. The second kappa shape index (κ2) is 6.91. The van der Waals surface area contributed by atoms with Crippen LogP contribution in [0.5, 0.6) is 0 Å². The van der Waals surface area contributed by atoms with Gasteiger partial charge in [-0.15, -0.1) is 11.3 Å². The molecule has 2 aromatic carbocycles. The second-order valence-electron chi connectivity index (χ2n) is 7.05. The summed E-state index contributed by atoms with van der Waals surface area (Å²) in [6.45, 7) is 3.91. The Morgan fingerprint density at radius 1 is 1.19 bits per heavy atom. The Bertz CT molecular complexity index is 1070. The van der Waals surface area contributed by atoms with Crippen molar-refractivity contribution in [2.45, 2.75) is 32.4 Å². The molecule has 1 saturated heterocycles. The fourth-order valence-electron chi connectivity index (χ4n) is 3.99. The lowest BCUT2D eigenvalue weighted by atomic mass is 10.0. The third-order valence-electron chi connectivity index (χ3n) is 5.37. The van der Waals surface area contributed by atoms with Crippen molar-refractivity contribution in [3.63, 3.8) is 0 Å². The maximum Gasteiger partial charge on any atom is 0.227 e. The Kier molecular flexibility index (Phi) is 4.26. The van der Waals surface area contributed by atoms with Crippen molar-refractivity contribution in [3.8, 4) is 11.5 Å². The number of benzene rings is 2. The minimum absolute atomic E-state index is 0.405. The van der Waals surface area contributed by atoms with Gasteiger partial charge >= 0.3 is 0 Å². The van der Waals surface area contributed by atoms with Crippen LogP contribution in [-0.2, 0) is 6.54 Å². The van der Waals surface area contributed by atoms with Crippen molar-refractivity contribution in [3.05, 3.63) is 70.5 Å². The molecule has 0 saturated carbocycles. The maximum absolute atomic E-state index is 6.09. The third-order valence-corrected chi connectivity index (χ3v) is 6.24. The van der Waals surface area contributed by atoms with Gasteiger partial charge in [0, 0.05) is 23.7 Å². The summed E-state index contributed by atoms with van der Waals surface area (Å²) < 4.78 is 6.09. The number of thiazole rings is 1. The number of hydrogen-bond donors (Lipinski definition) is 0. The highest BCUT2D eigenvalue weighted by atomic mass is 32.1. The minimum atomic E-state index is 0.405. The lowest BCUT2D eigenvalue weighted by molar-refractivity contribution is 0.244. The summed E-state index contributed by atoms with van der Waals surface area (Å²) in [5.41, 5.74) is 2.08. The van der Waals surface area contributed by atoms with Gasteiger partial charge in [0.2, 0.25) is 5.89 Å². The molecule has 0 bridgehead atoms. The lowest BCUT2D eigenvalue weighted by Crippen LogP contribution is -2.23. The Morgan fingerprint density at radius 3 is 2.96 bits per heavy atom. The summed E-state index contributed by atoms with van der Waals surface area (Å²) in [6.07, 6.45) is 4.27. The molecule has 5 heteroatoms. The van der Waals surface area contributed by atoms with Crippen LogP contribution in [0.3, 0.4) is 0 Å². The molecule has 1 fully saturated rings. The monoisotopic (exact) mass is 375 g/mol. The number of fused-ring (bicyclic) bond motifs is 1. The standard InChI is InChI=1S/C22H21N3OS/c1-15-19(14-25-12-5-10-20(25)22-23-11-13-27-22)24-21(26-15)18-9-4-7-16-6-2-3-8-17(16)18/h2-4,6-9,11,13,20H,5,10,12,14H2,1H3/t20-/m0/s1. The van der Waals surface area contributed by atoms with Crippen LogP contribution >= 0.6 is 11.3 Å². The highest BCUT2D eigenvalue weighted by Gasteiger charge is 2.29. The van der Waals surface area contributed by atoms with Gasteiger partial charge in [-0.05, 0) is 43.1 Å². The summed E-state index contributed by atoms with van der Waals surface area (Å²) in [4.78, 5) is 11.9. The normalized spacial score (nSPS) is 17.7. The summed E-state index contributed by atoms with van der Waals surface area (Å²) in [5, 5.41) is 5.65. The Hall–Kier alpha value is -2.50. The lowest BCUT2D eigenvalue weighted by Gasteiger charge is -2.21. The smallest absolute Gasteiger partial charge is 0.227 e. The molecule has 0 spiro atoms. The van der Waals surface area contributed by atoms with Gasteiger partial charge < -0.3 is 4.42 Å². The summed E-state index contributed by atoms with van der Waals surface area (Å²) in [7, 11) is 0. The van der Waals surface area contributed by atoms with Gasteiger partial charge in [0.25, 0.3) is 0 Å². The van der Waals surface area contributed by atoms with E-state index in [1.807, 2.05) is 13.1 Å². The van der Waals surface area contributed by atoms with E-state index in [0.29, 0.717) is 11.9 Å². The van der Waals surface area contributed by atoms with Crippen LogP contribution in [0.2, 0.25) is 0 Å². The van der Waals surface area contributed by atoms with E-state index >= 15 is 0 Å². The van der Waals surface area contributed by atoms with Crippen LogP contribution in [0.15, 0.2) is 58.5 Å². The van der Waals surface area contributed by atoms with E-state index in [1.54, 1.807) is 11.3 Å². The highest BCUT2D eigenvalue weighted by molar-refractivity contribution is 7.09. The van der Waals surface area contributed by atoms with Gasteiger partial charge in [-0.2, -0.15) is 0 Å². The number of rotatable bonds is 4. The second-order valence-corrected chi connectivity index (χ2v) is 7.97. The molecule has 4 nitrogen and oxygen atoms in total. The van der Waals surface area contributed by atoms with Gasteiger partial charge in [0.1, 0.15) is 10.8 Å². The van der Waals surface area contributed by atoms with E-state index in [-0.39, 0.29) is 0 Å². The van der Waals surface area contributed by atoms with Gasteiger partial charge in [-0.3, -0.25) is 4.90 Å². The predicted molar refractivity (Wildman–Crippen MR) is 109 cm³/mol. The van der Waals surface area contributed by atoms with Crippen molar-refractivity contribution in [2.75, 3.05) is 6.54 Å². The topological polar surface area (TPSA) is 42.2 Å². The zero-order chi connectivity index (χ0) is 18.2. The highest BCUT2D eigenvalue weighted by Crippen LogP contribution is 2.35. The third kappa shape index (κ3) is 3.07. The molecule has 3 heterocycles. The van der Waals surface area contributed by atoms with Gasteiger partial charge in [0.05, 0.1) is 11.7 Å². The van der Waals surface area contributed by atoms with Crippen LogP contribution in [0.25, 0.3) is 22.2 Å². The van der Waals surface area contributed by atoms with Gasteiger partial charge in [-0.25, -0.2) is 9.97 Å². The molecule has 0 N–H and O–H groups in total. The largest absolute Gasteiger partial charge is 0.441 e. The Balaban J connectivity index is 1.46. The van der Waals surface area contributed by atoms with Gasteiger partial charge in [0.15, 0.2) is 0 Å². The van der Waals surface area contributed by atoms with Crippen LogP contribution in [0.1, 0.15) is 35.3 Å². The summed E-state index contributed by atoms with van der Waals surface area (Å²) in [6, 6.07) is 15.1. The zero-order valence-corrected chi connectivity index (χ0v) is 16.1. The number of nitrogens with zero attached hydrogens (tertiary/aromatic N) is 3. The first-order valence-corrected chi connectivity index (χ1v) is 10.3. The van der Waals surface area contributed by atoms with Crippen LogP contribution in [-0.4, -0.2) is 21.4 Å². The SMILES string of the molecule is Cc1oc(-c2cccc3ccccc23)nc1CN1CCC[C@H]1c1nccs1. The van der Waals surface area contributed by atoms with E-state index in [0.717, 1.165) is 30.1 Å². The fraction of sp³-hybridized carbons (Fsp3) is 0.273. The number of oxazole rings is 1. The molecule has 0 radical (unpaired) electrons. The number of likely N-dealkylation sites (tertiary alicyclic amines) is 1. The molecule has 1 atom stereocenters. The molecule has 27 heavy (non-hydrogen) atoms. The molecule has 4 aromatic rings. The molecule has 0 unspecified atom stereocenters. The quantitative estimate of drug-likeness (QED) is 0.466. The molecular weight excluding hydrogens is 354 g/mol. The fourth-order valence-corrected chi connectivity index (χ4v) is 4.80. The summed E-state index contributed by atoms with van der Waals surface area (Å²) in [5.74, 6) is 1.62. The van der Waals surface area contributed by atoms with Crippen molar-refractivity contribution >= 4 is 22.1 Å². The van der Waals surface area contributed by atoms with E-state index in [1.165, 1.54) is 28.6 Å². The van der Waals surface area contributed by atoms with E-state index in [9.17, 15) is 0 Å². The molecule has 2 aromatic heterocycles. The predicted octanol–water partition coefficient (Wildman–Crippen LogP) is 5.60. The van der Waals surface area contributed by atoms with Crippen LogP contribution in [0, 0.1) is 6.92 Å². The molecule has 5 rings (SSSR count). The summed E-state index contributed by atoms with van der Waals surface area (Å²) >= 11 is 1.75. The Labute approximate surface area is 162 Å². The van der Waals surface area contributed by atoms with E-state index in [4.69, 9.17) is 9.40 Å². The molecule has 0 amide bonds. The van der Waals surface area contributed by atoms with Crippen molar-refractivity contribution < 1.29 is 4.42 Å². The minimum Gasteiger partial charge on any atom is -0.441 e. The maximum atomic E-state index is 6.09. The number of hydrogen-bond acceptors (Lipinski definition) is 5. The molecule has 136 valence electrons.